The van der Waals surface area contributed by atoms with Crippen LogP contribution in [0.1, 0.15) is 25.5 Å². The van der Waals surface area contributed by atoms with E-state index in [1.165, 1.54) is 32.3 Å². The van der Waals surface area contributed by atoms with Gasteiger partial charge in [0.15, 0.2) is 0 Å². The highest BCUT2D eigenvalue weighted by Crippen LogP contribution is 2.33. The molecule has 9 nitrogen and oxygen atoms in total. The molecule has 0 bridgehead atoms. The zero-order valence-corrected chi connectivity index (χ0v) is 21.3. The average molecular weight is 519 g/mol. The third kappa shape index (κ3) is 4.46. The fraction of sp³-hybridized carbons (Fsp3) is 0.375. The second-order valence-corrected chi connectivity index (χ2v) is 10.4. The van der Waals surface area contributed by atoms with Gasteiger partial charge < -0.3 is 15.1 Å². The van der Waals surface area contributed by atoms with Gasteiger partial charge in [-0.05, 0) is 36.4 Å². The first-order chi connectivity index (χ1) is 17.1. The Bertz CT molecular complexity index is 1310. The Kier molecular flexibility index (Phi) is 7.10. The molecule has 2 aromatic rings. The number of sulfonamides is 1. The minimum Gasteiger partial charge on any atom is -0.345 e. The predicted octanol–water partition coefficient (Wildman–Crippen LogP) is 2.69. The van der Waals surface area contributed by atoms with Crippen LogP contribution in [0.2, 0.25) is 0 Å². The summed E-state index contributed by atoms with van der Waals surface area (Å²) in [5.74, 6) is -1.40. The molecule has 0 radical (unpaired) electrons. The van der Waals surface area contributed by atoms with Gasteiger partial charge in [-0.25, -0.2) is 22.2 Å². The number of anilines is 1. The van der Waals surface area contributed by atoms with E-state index in [4.69, 9.17) is 0 Å². The number of aliphatic imine (C=N–C) groups is 2. The molecule has 2 aliphatic rings. The first-order valence-electron chi connectivity index (χ1n) is 11.5. The summed E-state index contributed by atoms with van der Waals surface area (Å²) in [5.41, 5.74) is 0.231. The summed E-state index contributed by atoms with van der Waals surface area (Å²) < 4.78 is 55.9. The summed E-state index contributed by atoms with van der Waals surface area (Å²) in [6.45, 7) is 4.51. The number of amides is 1. The Balaban J connectivity index is 1.59. The van der Waals surface area contributed by atoms with Gasteiger partial charge in [-0.15, -0.1) is 0 Å². The third-order valence-corrected chi connectivity index (χ3v) is 8.52. The molecule has 0 aliphatic carbocycles. The molecule has 0 aromatic heterocycles. The van der Waals surface area contributed by atoms with Crippen LogP contribution in [0, 0.1) is 11.6 Å². The molecule has 2 unspecified atom stereocenters. The van der Waals surface area contributed by atoms with Crippen molar-refractivity contribution in [2.75, 3.05) is 39.0 Å². The molecule has 0 saturated carbocycles. The number of halogens is 2. The number of carbonyl (C=O) groups is 1. The zero-order chi connectivity index (χ0) is 26.2. The molecular formula is C24H28F2N6O3S. The summed E-state index contributed by atoms with van der Waals surface area (Å²) >= 11 is 0. The van der Waals surface area contributed by atoms with E-state index in [9.17, 15) is 22.0 Å². The molecule has 2 aliphatic heterocycles. The Morgan fingerprint density at radius 3 is 2.22 bits per heavy atom. The van der Waals surface area contributed by atoms with Crippen molar-refractivity contribution >= 4 is 33.4 Å². The number of benzene rings is 2. The molecular weight excluding hydrogens is 490 g/mol. The summed E-state index contributed by atoms with van der Waals surface area (Å²) in [6, 6.07) is 8.03. The van der Waals surface area contributed by atoms with Crippen molar-refractivity contribution in [3.63, 3.8) is 0 Å². The van der Waals surface area contributed by atoms with Gasteiger partial charge >= 0.3 is 0 Å². The lowest BCUT2D eigenvalue weighted by Gasteiger charge is -2.45. The van der Waals surface area contributed by atoms with Crippen molar-refractivity contribution in [2.45, 2.75) is 30.8 Å². The summed E-state index contributed by atoms with van der Waals surface area (Å²) in [5, 5.41) is 3.05. The van der Waals surface area contributed by atoms with Crippen LogP contribution in [0.4, 0.5) is 14.5 Å². The van der Waals surface area contributed by atoms with Gasteiger partial charge in [-0.1, -0.05) is 19.9 Å². The van der Waals surface area contributed by atoms with Crippen molar-refractivity contribution < 1.29 is 22.0 Å². The number of nitrogens with zero attached hydrogens (tertiary/aromatic N) is 5. The lowest BCUT2D eigenvalue weighted by molar-refractivity contribution is -0.137. The molecule has 1 saturated heterocycles. The van der Waals surface area contributed by atoms with Crippen LogP contribution in [-0.2, 0) is 14.8 Å². The molecule has 2 heterocycles. The third-order valence-electron chi connectivity index (χ3n) is 6.46. The van der Waals surface area contributed by atoms with Crippen LogP contribution in [0.25, 0.3) is 0 Å². The number of guanidine groups is 1. The first kappa shape index (κ1) is 25.7. The van der Waals surface area contributed by atoms with Crippen LogP contribution in [0.15, 0.2) is 57.3 Å². The number of fused-ring (bicyclic) bond motifs is 1. The number of rotatable bonds is 6. The molecule has 2 atom stereocenters. The number of nitrogens with one attached hydrogen (secondary N) is 1. The number of likely N-dealkylation sites (N-methyl/N-ethyl adjacent to an activating group) is 2. The predicted molar refractivity (Wildman–Crippen MR) is 133 cm³/mol. The highest BCUT2D eigenvalue weighted by atomic mass is 32.2. The van der Waals surface area contributed by atoms with Crippen molar-refractivity contribution in [3.8, 4) is 0 Å². The number of amidine groups is 1. The van der Waals surface area contributed by atoms with Crippen LogP contribution >= 0.6 is 0 Å². The van der Waals surface area contributed by atoms with Crippen molar-refractivity contribution in [1.29, 1.82) is 0 Å². The van der Waals surface area contributed by atoms with Gasteiger partial charge in [0, 0.05) is 32.9 Å². The molecule has 12 heteroatoms. The van der Waals surface area contributed by atoms with Crippen LogP contribution < -0.4 is 5.32 Å². The molecule has 1 N–H and O–H groups in total. The lowest BCUT2D eigenvalue weighted by atomic mass is 9.97. The molecule has 2 aromatic carbocycles. The molecule has 1 amide bonds. The van der Waals surface area contributed by atoms with Crippen LogP contribution in [-0.4, -0.2) is 80.0 Å². The van der Waals surface area contributed by atoms with E-state index in [1.54, 1.807) is 40.1 Å². The quantitative estimate of drug-likeness (QED) is 0.634. The number of piperazine rings is 1. The summed E-state index contributed by atoms with van der Waals surface area (Å²) in [6.07, 6.45) is 0. The monoisotopic (exact) mass is 518 g/mol. The zero-order valence-electron chi connectivity index (χ0n) is 20.4. The smallest absolute Gasteiger partial charge is 0.250 e. The minimum absolute atomic E-state index is 0.176. The lowest BCUT2D eigenvalue weighted by Crippen LogP contribution is -2.61. The topological polar surface area (TPSA) is 97.7 Å². The largest absolute Gasteiger partial charge is 0.345 e. The highest BCUT2D eigenvalue weighted by molar-refractivity contribution is 7.89. The normalized spacial score (nSPS) is 20.2. The summed E-state index contributed by atoms with van der Waals surface area (Å²) in [4.78, 5) is 25.1. The Morgan fingerprint density at radius 1 is 1.03 bits per heavy atom. The highest BCUT2D eigenvalue weighted by Gasteiger charge is 2.45. The maximum atomic E-state index is 14.5. The van der Waals surface area contributed by atoms with E-state index >= 15 is 0 Å². The van der Waals surface area contributed by atoms with E-state index in [-0.39, 0.29) is 23.0 Å². The van der Waals surface area contributed by atoms with Crippen molar-refractivity contribution in [3.05, 3.63) is 59.7 Å². The number of hydrogen-bond acceptors (Lipinski definition) is 7. The second kappa shape index (κ2) is 9.94. The minimum atomic E-state index is -3.58. The molecule has 36 heavy (non-hydrogen) atoms. The van der Waals surface area contributed by atoms with Crippen molar-refractivity contribution in [2.24, 2.45) is 9.98 Å². The summed E-state index contributed by atoms with van der Waals surface area (Å²) in [7, 11) is -0.450. The van der Waals surface area contributed by atoms with Crippen LogP contribution in [0.3, 0.4) is 0 Å². The average Bonchev–Trinajstić information content (AvgIpc) is 2.85. The molecule has 4 rings (SSSR count). The second-order valence-electron chi connectivity index (χ2n) is 8.49. The maximum Gasteiger partial charge on any atom is 0.250 e. The SMILES string of the molecule is CCN(CC)S(=O)(=O)c1ccc(NC2=NCC3C(=N2)N(C)C(c2c(F)cccc2F)C(=O)N3C)cc1. The van der Waals surface area contributed by atoms with Gasteiger partial charge in [0.25, 0.3) is 5.91 Å². The van der Waals surface area contributed by atoms with Gasteiger partial charge in [-0.3, -0.25) is 4.79 Å². The molecule has 1 fully saturated rings. The fourth-order valence-corrected chi connectivity index (χ4v) is 5.89. The number of carbonyl (C=O) groups excluding carboxylic acids is 1. The maximum absolute atomic E-state index is 14.5. The molecule has 192 valence electrons. The van der Waals surface area contributed by atoms with E-state index in [1.807, 2.05) is 0 Å². The Hall–Kier alpha value is -3.38. The fourth-order valence-electron chi connectivity index (χ4n) is 4.44. The Labute approximate surface area is 209 Å². The van der Waals surface area contributed by atoms with E-state index in [2.05, 4.69) is 15.3 Å². The van der Waals surface area contributed by atoms with Crippen molar-refractivity contribution in [1.82, 2.24) is 14.1 Å². The first-order valence-corrected chi connectivity index (χ1v) is 13.0. The van der Waals surface area contributed by atoms with E-state index in [0.29, 0.717) is 24.6 Å². The van der Waals surface area contributed by atoms with Gasteiger partial charge in [0.2, 0.25) is 16.0 Å². The molecule has 0 spiro atoms. The Morgan fingerprint density at radius 2 is 1.64 bits per heavy atom. The van der Waals surface area contributed by atoms with Crippen LogP contribution in [0.5, 0.6) is 0 Å². The van der Waals surface area contributed by atoms with E-state index < -0.39 is 39.6 Å². The van der Waals surface area contributed by atoms with Gasteiger partial charge in [0.05, 0.1) is 17.0 Å². The standard InChI is InChI=1S/C24H28F2N6O3S/c1-5-32(6-2)36(34,35)16-12-10-15(11-13-16)28-24-27-14-19-22(29-24)31(4)21(23(33)30(19)3)20-17(25)8-7-9-18(20)26/h7-13,19,21H,5-6,14H2,1-4H3,(H,27,28). The van der Waals surface area contributed by atoms with E-state index in [0.717, 1.165) is 12.1 Å². The number of hydrogen-bond donors (Lipinski definition) is 1. The van der Waals surface area contributed by atoms with Gasteiger partial charge in [0.1, 0.15) is 29.6 Å². The van der Waals surface area contributed by atoms with Gasteiger partial charge in [-0.2, -0.15) is 9.30 Å².